The van der Waals surface area contributed by atoms with Crippen LogP contribution in [0.3, 0.4) is 0 Å². The molecule has 0 fully saturated rings. The second-order valence-corrected chi connectivity index (χ2v) is 6.22. The van der Waals surface area contributed by atoms with Gasteiger partial charge in [0.05, 0.1) is 11.4 Å². The van der Waals surface area contributed by atoms with Crippen LogP contribution in [0.2, 0.25) is 0 Å². The van der Waals surface area contributed by atoms with Gasteiger partial charge < -0.3 is 0 Å². The number of halogens is 1. The first-order valence-corrected chi connectivity index (χ1v) is 7.47. The number of hydrogen-bond acceptors (Lipinski definition) is 2. The molecule has 0 aliphatic rings. The molecule has 3 heteroatoms. The minimum absolute atomic E-state index is 0.171. The molecule has 1 aromatic carbocycles. The largest absolute Gasteiger partial charge is 0.207 e. The first kappa shape index (κ1) is 15.6. The monoisotopic (exact) mass is 286 g/mol. The van der Waals surface area contributed by atoms with Crippen molar-refractivity contribution in [2.75, 3.05) is 0 Å². The number of nitrogens with zero attached hydrogens (tertiary/aromatic N) is 2. The Balaban J connectivity index is 2.21. The molecule has 21 heavy (non-hydrogen) atoms. The molecule has 0 unspecified atom stereocenters. The van der Waals surface area contributed by atoms with E-state index >= 15 is 0 Å². The lowest BCUT2D eigenvalue weighted by Crippen LogP contribution is -2.07. The van der Waals surface area contributed by atoms with Crippen LogP contribution < -0.4 is 0 Å². The lowest BCUT2D eigenvalue weighted by Gasteiger charge is -2.14. The molecule has 0 saturated carbocycles. The van der Waals surface area contributed by atoms with Gasteiger partial charge in [-0.05, 0) is 67.0 Å². The summed E-state index contributed by atoms with van der Waals surface area (Å²) in [4.78, 5) is 0. The summed E-state index contributed by atoms with van der Waals surface area (Å²) >= 11 is 0. The molecule has 0 aliphatic heterocycles. The summed E-state index contributed by atoms with van der Waals surface area (Å²) < 4.78 is 13.5. The Labute approximate surface area is 126 Å². The Hall–Kier alpha value is -1.77. The van der Waals surface area contributed by atoms with Crippen LogP contribution in [0.4, 0.5) is 4.39 Å². The van der Waals surface area contributed by atoms with Crippen LogP contribution >= 0.6 is 0 Å². The summed E-state index contributed by atoms with van der Waals surface area (Å²) in [6, 6.07) is 7.32. The number of benzene rings is 1. The van der Waals surface area contributed by atoms with E-state index in [-0.39, 0.29) is 11.7 Å². The average molecular weight is 286 g/mol. The normalized spacial score (nSPS) is 12.7. The van der Waals surface area contributed by atoms with E-state index in [4.69, 9.17) is 0 Å². The van der Waals surface area contributed by atoms with Crippen LogP contribution in [0.25, 0.3) is 0 Å². The Kier molecular flexibility index (Phi) is 4.71. The van der Waals surface area contributed by atoms with Crippen LogP contribution in [0.1, 0.15) is 60.7 Å². The van der Waals surface area contributed by atoms with Crippen molar-refractivity contribution in [2.24, 2.45) is 0 Å². The summed E-state index contributed by atoms with van der Waals surface area (Å²) in [6.07, 6.45) is 0.778. The van der Waals surface area contributed by atoms with Gasteiger partial charge in [-0.1, -0.05) is 26.8 Å². The molecule has 2 aromatic rings. The second kappa shape index (κ2) is 6.33. The molecule has 0 saturated heterocycles. The third kappa shape index (κ3) is 3.87. The van der Waals surface area contributed by atoms with Crippen LogP contribution in [-0.4, -0.2) is 10.2 Å². The van der Waals surface area contributed by atoms with Crippen molar-refractivity contribution in [3.8, 4) is 0 Å². The van der Waals surface area contributed by atoms with E-state index in [1.165, 1.54) is 0 Å². The Bertz CT molecular complexity index is 615. The highest BCUT2D eigenvalue weighted by atomic mass is 19.1. The highest BCUT2D eigenvalue weighted by molar-refractivity contribution is 5.29. The predicted molar refractivity (Wildman–Crippen MR) is 84.1 cm³/mol. The third-order valence-corrected chi connectivity index (χ3v) is 3.83. The van der Waals surface area contributed by atoms with Gasteiger partial charge in [0.1, 0.15) is 5.82 Å². The van der Waals surface area contributed by atoms with E-state index in [0.29, 0.717) is 5.92 Å². The van der Waals surface area contributed by atoms with Gasteiger partial charge in [-0.3, -0.25) is 0 Å². The number of aryl methyl sites for hydroxylation is 2. The fourth-order valence-electron chi connectivity index (χ4n) is 2.47. The number of rotatable bonds is 4. The van der Waals surface area contributed by atoms with Crippen LogP contribution in [0, 0.1) is 19.7 Å². The van der Waals surface area contributed by atoms with E-state index in [2.05, 4.69) is 44.0 Å². The SMILES string of the molecule is Cc1cc(F)cc([C@H](C)Cc2nnc(C(C)C)cc2C)c1. The fourth-order valence-corrected chi connectivity index (χ4v) is 2.47. The highest BCUT2D eigenvalue weighted by Crippen LogP contribution is 2.23. The molecule has 0 N–H and O–H groups in total. The van der Waals surface area contributed by atoms with Crippen molar-refractivity contribution in [2.45, 2.75) is 52.9 Å². The molecule has 1 heterocycles. The number of hydrogen-bond donors (Lipinski definition) is 0. The van der Waals surface area contributed by atoms with E-state index < -0.39 is 0 Å². The molecule has 0 amide bonds. The van der Waals surface area contributed by atoms with Crippen LogP contribution in [-0.2, 0) is 6.42 Å². The van der Waals surface area contributed by atoms with Gasteiger partial charge in [-0.25, -0.2) is 4.39 Å². The minimum Gasteiger partial charge on any atom is -0.207 e. The summed E-state index contributed by atoms with van der Waals surface area (Å²) in [5.74, 6) is 0.431. The molecule has 0 aliphatic carbocycles. The van der Waals surface area contributed by atoms with Gasteiger partial charge in [-0.15, -0.1) is 0 Å². The van der Waals surface area contributed by atoms with E-state index in [1.54, 1.807) is 12.1 Å². The topological polar surface area (TPSA) is 25.8 Å². The van der Waals surface area contributed by atoms with Gasteiger partial charge in [-0.2, -0.15) is 10.2 Å². The summed E-state index contributed by atoms with van der Waals surface area (Å²) in [5, 5.41) is 8.66. The average Bonchev–Trinajstić information content (AvgIpc) is 2.39. The second-order valence-electron chi connectivity index (χ2n) is 6.22. The predicted octanol–water partition coefficient (Wildman–Crippen LogP) is 4.70. The maximum Gasteiger partial charge on any atom is 0.123 e. The van der Waals surface area contributed by atoms with Gasteiger partial charge >= 0.3 is 0 Å². The van der Waals surface area contributed by atoms with E-state index in [1.807, 2.05) is 13.0 Å². The molecular formula is C18H23FN2. The van der Waals surface area contributed by atoms with Gasteiger partial charge in [0.25, 0.3) is 0 Å². The first-order chi connectivity index (χ1) is 9.86. The molecule has 0 bridgehead atoms. The maximum atomic E-state index is 13.5. The maximum absolute atomic E-state index is 13.5. The molecule has 0 radical (unpaired) electrons. The number of aromatic nitrogens is 2. The molecule has 112 valence electrons. The van der Waals surface area contributed by atoms with Gasteiger partial charge in [0, 0.05) is 0 Å². The Morgan fingerprint density at radius 3 is 2.29 bits per heavy atom. The zero-order valence-electron chi connectivity index (χ0n) is 13.4. The van der Waals surface area contributed by atoms with Crippen molar-refractivity contribution >= 4 is 0 Å². The third-order valence-electron chi connectivity index (χ3n) is 3.83. The van der Waals surface area contributed by atoms with Crippen LogP contribution in [0.5, 0.6) is 0 Å². The summed E-state index contributed by atoms with van der Waals surface area (Å²) in [5.41, 5.74) is 5.14. The van der Waals surface area contributed by atoms with Gasteiger partial charge in [0.2, 0.25) is 0 Å². The van der Waals surface area contributed by atoms with Crippen molar-refractivity contribution in [1.82, 2.24) is 10.2 Å². The Morgan fingerprint density at radius 2 is 1.71 bits per heavy atom. The molecule has 2 rings (SSSR count). The van der Waals surface area contributed by atoms with Gasteiger partial charge in [0.15, 0.2) is 0 Å². The van der Waals surface area contributed by atoms with E-state index in [0.717, 1.165) is 34.5 Å². The smallest absolute Gasteiger partial charge is 0.123 e. The van der Waals surface area contributed by atoms with E-state index in [9.17, 15) is 4.39 Å². The molecule has 2 nitrogen and oxygen atoms in total. The first-order valence-electron chi connectivity index (χ1n) is 7.47. The summed E-state index contributed by atoms with van der Waals surface area (Å²) in [6.45, 7) is 10.3. The summed E-state index contributed by atoms with van der Waals surface area (Å²) in [7, 11) is 0. The van der Waals surface area contributed by atoms with Crippen LogP contribution in [0.15, 0.2) is 24.3 Å². The zero-order valence-corrected chi connectivity index (χ0v) is 13.4. The quantitative estimate of drug-likeness (QED) is 0.814. The fraction of sp³-hybridized carbons (Fsp3) is 0.444. The highest BCUT2D eigenvalue weighted by Gasteiger charge is 2.13. The van der Waals surface area contributed by atoms with Crippen molar-refractivity contribution in [3.63, 3.8) is 0 Å². The van der Waals surface area contributed by atoms with Crippen molar-refractivity contribution in [3.05, 3.63) is 58.2 Å². The lowest BCUT2D eigenvalue weighted by atomic mass is 9.93. The molecular weight excluding hydrogens is 263 g/mol. The van der Waals surface area contributed by atoms with Crippen molar-refractivity contribution in [1.29, 1.82) is 0 Å². The zero-order chi connectivity index (χ0) is 15.6. The molecule has 1 aromatic heterocycles. The molecule has 1 atom stereocenters. The standard InChI is InChI=1S/C18H23FN2/c1-11(2)17-9-14(5)18(21-20-17)8-13(4)15-6-12(3)7-16(19)10-15/h6-7,9-11,13H,8H2,1-5H3/t13-/m1/s1. The molecule has 0 spiro atoms. The minimum atomic E-state index is -0.171. The lowest BCUT2D eigenvalue weighted by molar-refractivity contribution is 0.617. The van der Waals surface area contributed by atoms with Crippen molar-refractivity contribution < 1.29 is 4.39 Å². The Morgan fingerprint density at radius 1 is 1.00 bits per heavy atom.